The lowest BCUT2D eigenvalue weighted by molar-refractivity contribution is 0.216. The summed E-state index contributed by atoms with van der Waals surface area (Å²) in [4.78, 5) is 0. The summed E-state index contributed by atoms with van der Waals surface area (Å²) >= 11 is 0. The second kappa shape index (κ2) is 5.61. The Morgan fingerprint density at radius 1 is 1.25 bits per heavy atom. The Labute approximate surface area is 121 Å². The lowest BCUT2D eigenvalue weighted by atomic mass is 9.72. The van der Waals surface area contributed by atoms with Crippen molar-refractivity contribution < 1.29 is 4.42 Å². The zero-order valence-corrected chi connectivity index (χ0v) is 12.6. The average molecular weight is 271 g/mol. The Kier molecular flexibility index (Phi) is 3.84. The molecule has 2 nitrogen and oxygen atoms in total. The summed E-state index contributed by atoms with van der Waals surface area (Å²) in [6, 6.07) is 8.66. The van der Waals surface area contributed by atoms with Crippen LogP contribution in [0.2, 0.25) is 0 Å². The molecule has 0 amide bonds. The number of rotatable bonds is 3. The Bertz CT molecular complexity index is 586. The highest BCUT2D eigenvalue weighted by atomic mass is 16.3. The van der Waals surface area contributed by atoms with E-state index < -0.39 is 0 Å². The van der Waals surface area contributed by atoms with Crippen LogP contribution in [0.4, 0.5) is 0 Å². The monoisotopic (exact) mass is 271 g/mol. The third kappa shape index (κ3) is 2.49. The van der Waals surface area contributed by atoms with Crippen LogP contribution in [0.3, 0.4) is 0 Å². The van der Waals surface area contributed by atoms with Crippen molar-refractivity contribution in [3.05, 3.63) is 35.6 Å². The predicted molar refractivity (Wildman–Crippen MR) is 83.9 cm³/mol. The lowest BCUT2D eigenvalue weighted by Gasteiger charge is -2.34. The van der Waals surface area contributed by atoms with Crippen LogP contribution in [0.1, 0.15) is 49.8 Å². The van der Waals surface area contributed by atoms with E-state index in [0.717, 1.165) is 23.8 Å². The quantitative estimate of drug-likeness (QED) is 0.885. The molecule has 1 fully saturated rings. The number of hydrogen-bond acceptors (Lipinski definition) is 2. The van der Waals surface area contributed by atoms with Gasteiger partial charge in [-0.05, 0) is 56.3 Å². The molecule has 0 saturated heterocycles. The number of furan rings is 1. The van der Waals surface area contributed by atoms with Gasteiger partial charge in [-0.15, -0.1) is 0 Å². The molecule has 1 aromatic carbocycles. The Balaban J connectivity index is 1.94. The molecule has 1 aliphatic carbocycles. The van der Waals surface area contributed by atoms with Crippen LogP contribution in [-0.4, -0.2) is 6.54 Å². The molecule has 2 aromatic rings. The summed E-state index contributed by atoms with van der Waals surface area (Å²) in [5.41, 5.74) is 8.30. The fourth-order valence-electron chi connectivity index (χ4n) is 3.69. The first-order valence-corrected chi connectivity index (χ1v) is 7.91. The molecule has 1 saturated carbocycles. The first-order valence-electron chi connectivity index (χ1n) is 7.91. The van der Waals surface area contributed by atoms with Gasteiger partial charge in [0.05, 0.1) is 0 Å². The van der Waals surface area contributed by atoms with Crippen LogP contribution in [0.5, 0.6) is 0 Å². The van der Waals surface area contributed by atoms with E-state index in [4.69, 9.17) is 10.2 Å². The van der Waals surface area contributed by atoms with Gasteiger partial charge in [0.2, 0.25) is 0 Å². The van der Waals surface area contributed by atoms with Crippen molar-refractivity contribution in [2.75, 3.05) is 6.54 Å². The fourth-order valence-corrected chi connectivity index (χ4v) is 3.69. The van der Waals surface area contributed by atoms with Crippen molar-refractivity contribution >= 4 is 11.0 Å². The van der Waals surface area contributed by atoms with Gasteiger partial charge in [-0.25, -0.2) is 0 Å². The van der Waals surface area contributed by atoms with E-state index in [1.807, 2.05) is 0 Å². The van der Waals surface area contributed by atoms with Crippen molar-refractivity contribution in [3.8, 4) is 0 Å². The summed E-state index contributed by atoms with van der Waals surface area (Å²) in [5.74, 6) is 3.07. The van der Waals surface area contributed by atoms with Gasteiger partial charge in [-0.1, -0.05) is 31.4 Å². The van der Waals surface area contributed by atoms with Crippen LogP contribution in [0, 0.1) is 18.8 Å². The topological polar surface area (TPSA) is 39.2 Å². The second-order valence-corrected chi connectivity index (χ2v) is 6.38. The largest absolute Gasteiger partial charge is 0.461 e. The molecule has 3 atom stereocenters. The van der Waals surface area contributed by atoms with Gasteiger partial charge in [-0.2, -0.15) is 0 Å². The summed E-state index contributed by atoms with van der Waals surface area (Å²) in [6.07, 6.45) is 5.08. The van der Waals surface area contributed by atoms with Crippen molar-refractivity contribution in [1.82, 2.24) is 0 Å². The van der Waals surface area contributed by atoms with Crippen molar-refractivity contribution in [1.29, 1.82) is 0 Å². The van der Waals surface area contributed by atoms with Gasteiger partial charge in [-0.3, -0.25) is 0 Å². The first-order chi connectivity index (χ1) is 9.71. The van der Waals surface area contributed by atoms with E-state index in [2.05, 4.69) is 38.1 Å². The van der Waals surface area contributed by atoms with Gasteiger partial charge in [0.15, 0.2) is 0 Å². The molecule has 0 spiro atoms. The highest BCUT2D eigenvalue weighted by Gasteiger charge is 2.32. The Morgan fingerprint density at radius 2 is 2.10 bits per heavy atom. The highest BCUT2D eigenvalue weighted by Crippen LogP contribution is 2.42. The SMILES string of the molecule is CCC1CCC(CN)C(c2cc3cc(C)ccc3o2)C1. The average Bonchev–Trinajstić information content (AvgIpc) is 2.89. The summed E-state index contributed by atoms with van der Waals surface area (Å²) in [7, 11) is 0. The van der Waals surface area contributed by atoms with Crippen molar-refractivity contribution in [3.63, 3.8) is 0 Å². The standard InChI is InChI=1S/C18H25NO/c1-3-13-5-6-14(11-19)16(9-13)18-10-15-8-12(2)4-7-17(15)20-18/h4,7-8,10,13-14,16H,3,5-6,9,11,19H2,1-2H3. The molecule has 20 heavy (non-hydrogen) atoms. The van der Waals surface area contributed by atoms with E-state index in [9.17, 15) is 0 Å². The molecular weight excluding hydrogens is 246 g/mol. The van der Waals surface area contributed by atoms with Gasteiger partial charge in [0.25, 0.3) is 0 Å². The normalized spacial score (nSPS) is 27.1. The summed E-state index contributed by atoms with van der Waals surface area (Å²) in [6.45, 7) is 5.20. The maximum Gasteiger partial charge on any atom is 0.134 e. The Morgan fingerprint density at radius 3 is 2.85 bits per heavy atom. The molecule has 0 aliphatic heterocycles. The summed E-state index contributed by atoms with van der Waals surface area (Å²) < 4.78 is 6.13. The molecular formula is C18H25NO. The smallest absolute Gasteiger partial charge is 0.134 e. The first kappa shape index (κ1) is 13.7. The predicted octanol–water partition coefficient (Wildman–Crippen LogP) is 4.61. The van der Waals surface area contributed by atoms with Gasteiger partial charge >= 0.3 is 0 Å². The Hall–Kier alpha value is -1.28. The van der Waals surface area contributed by atoms with Crippen LogP contribution >= 0.6 is 0 Å². The fraction of sp³-hybridized carbons (Fsp3) is 0.556. The molecule has 108 valence electrons. The zero-order chi connectivity index (χ0) is 14.1. The van der Waals surface area contributed by atoms with E-state index in [0.29, 0.717) is 11.8 Å². The highest BCUT2D eigenvalue weighted by molar-refractivity contribution is 5.78. The maximum atomic E-state index is 6.13. The molecule has 1 heterocycles. The number of nitrogens with two attached hydrogens (primary N) is 1. The minimum atomic E-state index is 0.506. The lowest BCUT2D eigenvalue weighted by Crippen LogP contribution is -2.28. The number of benzene rings is 1. The minimum Gasteiger partial charge on any atom is -0.461 e. The maximum absolute atomic E-state index is 6.13. The van der Waals surface area contributed by atoms with Crippen LogP contribution < -0.4 is 5.73 Å². The molecule has 1 aliphatic rings. The van der Waals surface area contributed by atoms with Gasteiger partial charge in [0, 0.05) is 11.3 Å². The van der Waals surface area contributed by atoms with Crippen LogP contribution in [0.15, 0.2) is 28.7 Å². The zero-order valence-electron chi connectivity index (χ0n) is 12.6. The molecule has 3 unspecified atom stereocenters. The number of hydrogen-bond donors (Lipinski definition) is 1. The number of fused-ring (bicyclic) bond motifs is 1. The van der Waals surface area contributed by atoms with E-state index in [1.54, 1.807) is 0 Å². The van der Waals surface area contributed by atoms with E-state index in [1.165, 1.54) is 36.6 Å². The van der Waals surface area contributed by atoms with Crippen molar-refractivity contribution in [2.45, 2.75) is 45.4 Å². The number of aryl methyl sites for hydroxylation is 1. The van der Waals surface area contributed by atoms with E-state index >= 15 is 0 Å². The summed E-state index contributed by atoms with van der Waals surface area (Å²) in [5, 5.41) is 1.23. The van der Waals surface area contributed by atoms with Crippen LogP contribution in [-0.2, 0) is 0 Å². The van der Waals surface area contributed by atoms with Gasteiger partial charge in [0.1, 0.15) is 11.3 Å². The van der Waals surface area contributed by atoms with E-state index in [-0.39, 0.29) is 0 Å². The molecule has 2 heteroatoms. The third-order valence-corrected chi connectivity index (χ3v) is 5.04. The molecule has 0 bridgehead atoms. The molecule has 3 rings (SSSR count). The van der Waals surface area contributed by atoms with Crippen molar-refractivity contribution in [2.24, 2.45) is 17.6 Å². The molecule has 2 N–H and O–H groups in total. The van der Waals surface area contributed by atoms with Crippen LogP contribution in [0.25, 0.3) is 11.0 Å². The second-order valence-electron chi connectivity index (χ2n) is 6.38. The third-order valence-electron chi connectivity index (χ3n) is 5.04. The molecule has 1 aromatic heterocycles. The van der Waals surface area contributed by atoms with Gasteiger partial charge < -0.3 is 10.2 Å². The minimum absolute atomic E-state index is 0.506. The molecule has 0 radical (unpaired) electrons.